The third kappa shape index (κ3) is 4.49. The van der Waals surface area contributed by atoms with E-state index >= 15 is 0 Å². The maximum atomic E-state index is 11.3. The van der Waals surface area contributed by atoms with Gasteiger partial charge in [0, 0.05) is 5.54 Å². The van der Waals surface area contributed by atoms with E-state index in [1.165, 1.54) is 0 Å². The molecular weight excluding hydrogens is 212 g/mol. The molecule has 0 spiro atoms. The summed E-state index contributed by atoms with van der Waals surface area (Å²) in [5, 5.41) is 6.46. The van der Waals surface area contributed by atoms with Gasteiger partial charge in [-0.3, -0.25) is 0 Å². The lowest BCUT2D eigenvalue weighted by Gasteiger charge is -2.23. The highest BCUT2D eigenvalue weighted by Crippen LogP contribution is 2.22. The molecule has 0 amide bonds. The molecule has 5 heteroatoms. The number of hydrogen-bond donors (Lipinski definition) is 2. The Morgan fingerprint density at radius 3 is 2.47 bits per heavy atom. The lowest BCUT2D eigenvalue weighted by molar-refractivity contribution is 0.391. The van der Waals surface area contributed by atoms with Gasteiger partial charge in [-0.1, -0.05) is 0 Å². The van der Waals surface area contributed by atoms with Gasteiger partial charge in [-0.2, -0.15) is 0 Å². The second-order valence-corrected chi connectivity index (χ2v) is 6.82. The molecule has 2 N–H and O–H groups in total. The van der Waals surface area contributed by atoms with Crippen molar-refractivity contribution in [2.24, 2.45) is 0 Å². The van der Waals surface area contributed by atoms with E-state index < -0.39 is 9.84 Å². The molecule has 0 saturated carbocycles. The van der Waals surface area contributed by atoms with Crippen LogP contribution < -0.4 is 10.6 Å². The van der Waals surface area contributed by atoms with Gasteiger partial charge in [0.1, 0.15) is 0 Å². The monoisotopic (exact) mass is 234 g/mol. The fourth-order valence-corrected chi connectivity index (χ4v) is 4.09. The van der Waals surface area contributed by atoms with Crippen molar-refractivity contribution in [2.75, 3.05) is 31.6 Å². The number of sulfone groups is 1. The van der Waals surface area contributed by atoms with Crippen LogP contribution in [0.25, 0.3) is 0 Å². The highest BCUT2D eigenvalue weighted by molar-refractivity contribution is 7.91. The van der Waals surface area contributed by atoms with Crippen molar-refractivity contribution in [3.05, 3.63) is 0 Å². The SMILES string of the molecule is CNCCCCNC1(C)CCS(=O)(=O)C1. The summed E-state index contributed by atoms with van der Waals surface area (Å²) in [6, 6.07) is 0. The Morgan fingerprint density at radius 1 is 1.27 bits per heavy atom. The Kier molecular flexibility index (Phi) is 4.55. The lowest BCUT2D eigenvalue weighted by atomic mass is 10.0. The molecule has 15 heavy (non-hydrogen) atoms. The minimum absolute atomic E-state index is 0.182. The molecule has 1 heterocycles. The van der Waals surface area contributed by atoms with Gasteiger partial charge in [-0.05, 0) is 46.3 Å². The minimum Gasteiger partial charge on any atom is -0.320 e. The van der Waals surface area contributed by atoms with Crippen molar-refractivity contribution >= 4 is 9.84 Å². The smallest absolute Gasteiger partial charge is 0.152 e. The third-order valence-corrected chi connectivity index (χ3v) is 4.81. The molecule has 1 aliphatic rings. The first-order chi connectivity index (χ1) is 6.97. The first-order valence-corrected chi connectivity index (χ1v) is 7.40. The third-order valence-electron chi connectivity index (χ3n) is 2.91. The van der Waals surface area contributed by atoms with Crippen LogP contribution in [0.15, 0.2) is 0 Å². The maximum Gasteiger partial charge on any atom is 0.152 e. The van der Waals surface area contributed by atoms with Crippen LogP contribution in [0, 0.1) is 0 Å². The fourth-order valence-electron chi connectivity index (χ4n) is 1.97. The summed E-state index contributed by atoms with van der Waals surface area (Å²) in [4.78, 5) is 0. The van der Waals surface area contributed by atoms with Gasteiger partial charge >= 0.3 is 0 Å². The number of hydrogen-bond acceptors (Lipinski definition) is 4. The number of rotatable bonds is 6. The van der Waals surface area contributed by atoms with Crippen LogP contribution in [-0.4, -0.2) is 45.6 Å². The van der Waals surface area contributed by atoms with E-state index in [4.69, 9.17) is 0 Å². The Bertz CT molecular complexity index is 290. The maximum absolute atomic E-state index is 11.3. The first-order valence-electron chi connectivity index (χ1n) is 5.57. The molecule has 1 atom stereocenters. The van der Waals surface area contributed by atoms with Crippen molar-refractivity contribution in [3.8, 4) is 0 Å². The summed E-state index contributed by atoms with van der Waals surface area (Å²) >= 11 is 0. The summed E-state index contributed by atoms with van der Waals surface area (Å²) in [6.45, 7) is 3.94. The predicted octanol–water partition coefficient (Wildman–Crippen LogP) is 0.153. The molecule has 90 valence electrons. The van der Waals surface area contributed by atoms with Crippen molar-refractivity contribution in [1.29, 1.82) is 0 Å². The van der Waals surface area contributed by atoms with E-state index in [0.717, 1.165) is 32.4 Å². The summed E-state index contributed by atoms with van der Waals surface area (Å²) in [7, 11) is -0.833. The van der Waals surface area contributed by atoms with Gasteiger partial charge < -0.3 is 10.6 Å². The molecule has 0 aromatic heterocycles. The standard InChI is InChI=1S/C10H22N2O2S/c1-10(5-8-15(13,14)9-10)12-7-4-3-6-11-2/h11-12H,3-9H2,1-2H3. The Morgan fingerprint density at radius 2 is 1.93 bits per heavy atom. The van der Waals surface area contributed by atoms with Crippen LogP contribution in [0.4, 0.5) is 0 Å². The molecule has 0 aromatic rings. The van der Waals surface area contributed by atoms with Crippen molar-refractivity contribution in [1.82, 2.24) is 10.6 Å². The summed E-state index contributed by atoms with van der Waals surface area (Å²) in [5.74, 6) is 0.638. The molecule has 1 rings (SSSR count). The van der Waals surface area contributed by atoms with Crippen LogP contribution in [0.3, 0.4) is 0 Å². The van der Waals surface area contributed by atoms with E-state index in [-0.39, 0.29) is 5.54 Å². The largest absolute Gasteiger partial charge is 0.320 e. The molecule has 0 aromatic carbocycles. The molecule has 0 radical (unpaired) electrons. The molecule has 4 nitrogen and oxygen atoms in total. The number of nitrogens with one attached hydrogen (secondary N) is 2. The summed E-state index contributed by atoms with van der Waals surface area (Å²) < 4.78 is 22.7. The molecule has 1 aliphatic heterocycles. The zero-order chi connectivity index (χ0) is 11.4. The molecule has 1 saturated heterocycles. The van der Waals surface area contributed by atoms with Crippen molar-refractivity contribution in [2.45, 2.75) is 31.7 Å². The van der Waals surface area contributed by atoms with Gasteiger partial charge in [0.15, 0.2) is 9.84 Å². The van der Waals surface area contributed by atoms with Crippen LogP contribution in [0.1, 0.15) is 26.2 Å². The topological polar surface area (TPSA) is 58.2 Å². The van der Waals surface area contributed by atoms with E-state index in [9.17, 15) is 8.42 Å². The van der Waals surface area contributed by atoms with E-state index in [1.54, 1.807) is 0 Å². The van der Waals surface area contributed by atoms with Crippen LogP contribution >= 0.6 is 0 Å². The molecule has 0 aliphatic carbocycles. The predicted molar refractivity (Wildman–Crippen MR) is 62.8 cm³/mol. The summed E-state index contributed by atoms with van der Waals surface area (Å²) in [5.41, 5.74) is -0.182. The highest BCUT2D eigenvalue weighted by Gasteiger charge is 2.37. The van der Waals surface area contributed by atoms with Gasteiger partial charge in [0.2, 0.25) is 0 Å². The average Bonchev–Trinajstić information content (AvgIpc) is 2.41. The van der Waals surface area contributed by atoms with Gasteiger partial charge in [-0.15, -0.1) is 0 Å². The van der Waals surface area contributed by atoms with Crippen molar-refractivity contribution in [3.63, 3.8) is 0 Å². The van der Waals surface area contributed by atoms with Gasteiger partial charge in [0.25, 0.3) is 0 Å². The molecule has 0 bridgehead atoms. The van der Waals surface area contributed by atoms with Crippen LogP contribution in [0.2, 0.25) is 0 Å². The highest BCUT2D eigenvalue weighted by atomic mass is 32.2. The minimum atomic E-state index is -2.78. The number of unbranched alkanes of at least 4 members (excludes halogenated alkanes) is 1. The molecule has 1 fully saturated rings. The second-order valence-electron chi connectivity index (χ2n) is 4.64. The van der Waals surface area contributed by atoms with Crippen LogP contribution in [-0.2, 0) is 9.84 Å². The van der Waals surface area contributed by atoms with E-state index in [2.05, 4.69) is 10.6 Å². The lowest BCUT2D eigenvalue weighted by Crippen LogP contribution is -2.43. The normalized spacial score (nSPS) is 29.5. The average molecular weight is 234 g/mol. The van der Waals surface area contributed by atoms with Crippen LogP contribution in [0.5, 0.6) is 0 Å². The fraction of sp³-hybridized carbons (Fsp3) is 1.00. The zero-order valence-corrected chi connectivity index (χ0v) is 10.5. The quantitative estimate of drug-likeness (QED) is 0.643. The second kappa shape index (κ2) is 5.27. The van der Waals surface area contributed by atoms with E-state index in [0.29, 0.717) is 11.5 Å². The first kappa shape index (κ1) is 12.9. The molecular formula is C10H22N2O2S. The summed E-state index contributed by atoms with van der Waals surface area (Å²) in [6.07, 6.45) is 2.98. The van der Waals surface area contributed by atoms with Crippen molar-refractivity contribution < 1.29 is 8.42 Å². The Labute approximate surface area is 92.7 Å². The molecule has 1 unspecified atom stereocenters. The Hall–Kier alpha value is -0.130. The van der Waals surface area contributed by atoms with Gasteiger partial charge in [0.05, 0.1) is 11.5 Å². The zero-order valence-electron chi connectivity index (χ0n) is 9.67. The Balaban J connectivity index is 2.21. The van der Waals surface area contributed by atoms with E-state index in [1.807, 2.05) is 14.0 Å². The van der Waals surface area contributed by atoms with Gasteiger partial charge in [-0.25, -0.2) is 8.42 Å².